The van der Waals surface area contributed by atoms with E-state index in [0.29, 0.717) is 23.1 Å². The molecule has 0 bridgehead atoms. The zero-order valence-corrected chi connectivity index (χ0v) is 14.3. The second kappa shape index (κ2) is 6.72. The summed E-state index contributed by atoms with van der Waals surface area (Å²) in [6, 6.07) is 12.2. The monoisotopic (exact) mass is 330 g/mol. The van der Waals surface area contributed by atoms with Crippen LogP contribution in [0, 0.1) is 5.92 Å². The normalized spacial score (nSPS) is 20.7. The van der Waals surface area contributed by atoms with Gasteiger partial charge in [-0.05, 0) is 37.4 Å². The number of ether oxygens (including phenoxy) is 1. The molecule has 2 N–H and O–H groups in total. The maximum atomic E-state index is 13.0. The lowest BCUT2D eigenvalue weighted by atomic mass is 10.1. The molecule has 0 saturated carbocycles. The number of hydrogen-bond acceptors (Lipinski definition) is 4. The van der Waals surface area contributed by atoms with E-state index in [1.54, 1.807) is 7.11 Å². The molecule has 1 aliphatic heterocycles. The number of likely N-dealkylation sites (tertiary alicyclic amines) is 1. The Labute approximate surface area is 140 Å². The summed E-state index contributed by atoms with van der Waals surface area (Å²) >= 11 is 1.50. The molecule has 2 unspecified atom stereocenters. The van der Waals surface area contributed by atoms with Crippen LogP contribution in [0.3, 0.4) is 0 Å². The first-order chi connectivity index (χ1) is 11.1. The fourth-order valence-electron chi connectivity index (χ4n) is 3.15. The smallest absolute Gasteiger partial charge is 0.268 e. The SMILES string of the molecule is COc1cc(-c2ccccc2)sc1C(=O)N1CC(CN)CC1C. The summed E-state index contributed by atoms with van der Waals surface area (Å²) in [5, 5.41) is 0. The summed E-state index contributed by atoms with van der Waals surface area (Å²) in [6.07, 6.45) is 0.974. The Kier molecular flexibility index (Phi) is 4.68. The number of hydrogen-bond donors (Lipinski definition) is 1. The van der Waals surface area contributed by atoms with E-state index in [1.807, 2.05) is 41.3 Å². The minimum atomic E-state index is 0.0532. The van der Waals surface area contributed by atoms with Gasteiger partial charge in [-0.25, -0.2) is 0 Å². The third kappa shape index (κ3) is 3.12. The minimum absolute atomic E-state index is 0.0532. The summed E-state index contributed by atoms with van der Waals surface area (Å²) in [6.45, 7) is 3.45. The topological polar surface area (TPSA) is 55.6 Å². The summed E-state index contributed by atoms with van der Waals surface area (Å²) in [5.41, 5.74) is 6.87. The van der Waals surface area contributed by atoms with Crippen molar-refractivity contribution in [2.24, 2.45) is 11.7 Å². The van der Waals surface area contributed by atoms with Gasteiger partial charge < -0.3 is 15.4 Å². The summed E-state index contributed by atoms with van der Waals surface area (Å²) in [7, 11) is 1.61. The molecule has 0 spiro atoms. The van der Waals surface area contributed by atoms with Crippen molar-refractivity contribution in [1.29, 1.82) is 0 Å². The van der Waals surface area contributed by atoms with Crippen LogP contribution in [0.25, 0.3) is 10.4 Å². The largest absolute Gasteiger partial charge is 0.495 e. The Balaban J connectivity index is 1.90. The number of methoxy groups -OCH3 is 1. The number of amides is 1. The van der Waals surface area contributed by atoms with Crippen molar-refractivity contribution < 1.29 is 9.53 Å². The van der Waals surface area contributed by atoms with Crippen LogP contribution in [0.4, 0.5) is 0 Å². The molecule has 1 fully saturated rings. The van der Waals surface area contributed by atoms with E-state index in [4.69, 9.17) is 10.5 Å². The van der Waals surface area contributed by atoms with Gasteiger partial charge >= 0.3 is 0 Å². The molecule has 2 aromatic rings. The van der Waals surface area contributed by atoms with E-state index in [1.165, 1.54) is 11.3 Å². The highest BCUT2D eigenvalue weighted by molar-refractivity contribution is 7.17. The zero-order valence-electron chi connectivity index (χ0n) is 13.5. The number of carbonyl (C=O) groups is 1. The summed E-state index contributed by atoms with van der Waals surface area (Å²) < 4.78 is 5.45. The number of carbonyl (C=O) groups excluding carboxylic acids is 1. The third-order valence-corrected chi connectivity index (χ3v) is 5.58. The van der Waals surface area contributed by atoms with Crippen LogP contribution in [0.15, 0.2) is 36.4 Å². The first-order valence-electron chi connectivity index (χ1n) is 7.88. The van der Waals surface area contributed by atoms with Gasteiger partial charge in [-0.1, -0.05) is 30.3 Å². The van der Waals surface area contributed by atoms with Crippen LogP contribution in [0.1, 0.15) is 23.0 Å². The number of nitrogens with two attached hydrogens (primary N) is 1. The zero-order chi connectivity index (χ0) is 16.4. The van der Waals surface area contributed by atoms with Crippen molar-refractivity contribution in [3.63, 3.8) is 0 Å². The summed E-state index contributed by atoms with van der Waals surface area (Å²) in [5.74, 6) is 1.10. The Morgan fingerprint density at radius 3 is 2.74 bits per heavy atom. The van der Waals surface area contributed by atoms with Gasteiger partial charge in [0.15, 0.2) is 0 Å². The predicted octanol–water partition coefficient (Wildman–Crippen LogP) is 3.23. The third-order valence-electron chi connectivity index (χ3n) is 4.43. The minimum Gasteiger partial charge on any atom is -0.495 e. The quantitative estimate of drug-likeness (QED) is 0.936. The first-order valence-corrected chi connectivity index (χ1v) is 8.70. The first kappa shape index (κ1) is 16.0. The Hall–Kier alpha value is -1.85. The van der Waals surface area contributed by atoms with Gasteiger partial charge in [0.05, 0.1) is 7.11 Å². The molecule has 122 valence electrons. The molecule has 1 aromatic heterocycles. The molecule has 1 aromatic carbocycles. The van der Waals surface area contributed by atoms with Crippen LogP contribution in [-0.4, -0.2) is 37.0 Å². The van der Waals surface area contributed by atoms with Crippen molar-refractivity contribution >= 4 is 17.2 Å². The van der Waals surface area contributed by atoms with Gasteiger partial charge in [0.25, 0.3) is 5.91 Å². The lowest BCUT2D eigenvalue weighted by Crippen LogP contribution is -2.34. The van der Waals surface area contributed by atoms with Gasteiger partial charge in [-0.2, -0.15) is 0 Å². The molecule has 1 saturated heterocycles. The highest BCUT2D eigenvalue weighted by atomic mass is 32.1. The van der Waals surface area contributed by atoms with Crippen molar-refractivity contribution in [2.45, 2.75) is 19.4 Å². The van der Waals surface area contributed by atoms with Gasteiger partial charge in [-0.15, -0.1) is 11.3 Å². The van der Waals surface area contributed by atoms with E-state index >= 15 is 0 Å². The van der Waals surface area contributed by atoms with Gasteiger partial charge in [-0.3, -0.25) is 4.79 Å². The second-order valence-corrected chi connectivity index (χ2v) is 7.07. The van der Waals surface area contributed by atoms with Crippen molar-refractivity contribution in [1.82, 2.24) is 4.90 Å². The molecule has 2 atom stereocenters. The number of benzene rings is 1. The van der Waals surface area contributed by atoms with E-state index in [2.05, 4.69) is 6.92 Å². The molecule has 0 aliphatic carbocycles. The molecular weight excluding hydrogens is 308 g/mol. The lowest BCUT2D eigenvalue weighted by Gasteiger charge is -2.21. The predicted molar refractivity (Wildman–Crippen MR) is 94.0 cm³/mol. The molecule has 0 radical (unpaired) electrons. The molecule has 4 nitrogen and oxygen atoms in total. The van der Waals surface area contributed by atoms with Gasteiger partial charge in [0, 0.05) is 17.5 Å². The number of thiophene rings is 1. The molecule has 1 amide bonds. The van der Waals surface area contributed by atoms with Crippen molar-refractivity contribution in [2.75, 3.05) is 20.2 Å². The van der Waals surface area contributed by atoms with E-state index in [9.17, 15) is 4.79 Å². The van der Waals surface area contributed by atoms with Crippen LogP contribution < -0.4 is 10.5 Å². The van der Waals surface area contributed by atoms with Gasteiger partial charge in [0.2, 0.25) is 0 Å². The van der Waals surface area contributed by atoms with Gasteiger partial charge in [0.1, 0.15) is 10.6 Å². The van der Waals surface area contributed by atoms with Crippen molar-refractivity contribution in [3.8, 4) is 16.2 Å². The second-order valence-electron chi connectivity index (χ2n) is 6.02. The Morgan fingerprint density at radius 1 is 1.39 bits per heavy atom. The molecular formula is C18H22N2O2S. The van der Waals surface area contributed by atoms with Crippen LogP contribution in [0.2, 0.25) is 0 Å². The maximum absolute atomic E-state index is 13.0. The van der Waals surface area contributed by atoms with Crippen LogP contribution in [0.5, 0.6) is 5.75 Å². The average Bonchev–Trinajstić information content (AvgIpc) is 3.18. The molecule has 1 aliphatic rings. The molecule has 2 heterocycles. The summed E-state index contributed by atoms with van der Waals surface area (Å²) in [4.78, 5) is 16.6. The number of rotatable bonds is 4. The van der Waals surface area contributed by atoms with Crippen LogP contribution >= 0.6 is 11.3 Å². The molecule has 3 rings (SSSR count). The highest BCUT2D eigenvalue weighted by Crippen LogP contribution is 2.38. The van der Waals surface area contributed by atoms with Crippen LogP contribution in [-0.2, 0) is 0 Å². The lowest BCUT2D eigenvalue weighted by molar-refractivity contribution is 0.0745. The number of nitrogens with zero attached hydrogens (tertiary/aromatic N) is 1. The Morgan fingerprint density at radius 2 is 2.13 bits per heavy atom. The maximum Gasteiger partial charge on any atom is 0.268 e. The fraction of sp³-hybridized carbons (Fsp3) is 0.389. The van der Waals surface area contributed by atoms with E-state index in [-0.39, 0.29) is 11.9 Å². The van der Waals surface area contributed by atoms with E-state index < -0.39 is 0 Å². The molecule has 23 heavy (non-hydrogen) atoms. The molecule has 5 heteroatoms. The average molecular weight is 330 g/mol. The highest BCUT2D eigenvalue weighted by Gasteiger charge is 2.34. The Bertz CT molecular complexity index is 684. The standard InChI is InChI=1S/C18H22N2O2S/c1-12-8-13(10-19)11-20(12)18(21)17-15(22-2)9-16(23-17)14-6-4-3-5-7-14/h3-7,9,12-13H,8,10-11,19H2,1-2H3. The van der Waals surface area contributed by atoms with Crippen molar-refractivity contribution in [3.05, 3.63) is 41.3 Å². The van der Waals surface area contributed by atoms with E-state index in [0.717, 1.165) is 23.4 Å². The fourth-order valence-corrected chi connectivity index (χ4v) is 4.23.